The fraction of sp³-hybridized carbons (Fsp3) is 0.667. The summed E-state index contributed by atoms with van der Waals surface area (Å²) in [6, 6.07) is -0.667. The molecule has 1 N–H and O–H groups in total. The number of nitrogens with one attached hydrogen (secondary N) is 1. The van der Waals surface area contributed by atoms with Crippen molar-refractivity contribution in [3.05, 3.63) is 0 Å². The Bertz CT molecular complexity index is 283. The molecule has 0 saturated heterocycles. The third-order valence-corrected chi connectivity index (χ3v) is 2.00. The van der Waals surface area contributed by atoms with Crippen LogP contribution in [0.3, 0.4) is 0 Å². The van der Waals surface area contributed by atoms with Gasteiger partial charge in [-0.15, -0.1) is 6.42 Å². The van der Waals surface area contributed by atoms with Gasteiger partial charge >= 0.3 is 12.1 Å². The topological polar surface area (TPSA) is 64.6 Å². The van der Waals surface area contributed by atoms with E-state index < -0.39 is 18.1 Å². The molecule has 0 aliphatic rings. The van der Waals surface area contributed by atoms with Crippen molar-refractivity contribution < 1.29 is 19.1 Å². The number of unbranched alkanes of at least 4 members (excludes halogenated alkanes) is 1. The highest BCUT2D eigenvalue weighted by Crippen LogP contribution is 2.03. The zero-order valence-electron chi connectivity index (χ0n) is 10.3. The smallest absolute Gasteiger partial charge is 0.408 e. The molecule has 0 aromatic rings. The van der Waals surface area contributed by atoms with Crippen LogP contribution in [-0.4, -0.2) is 31.3 Å². The number of amides is 1. The molecule has 0 saturated carbocycles. The van der Waals surface area contributed by atoms with Gasteiger partial charge in [0.1, 0.15) is 6.04 Å². The molecule has 0 aromatic heterocycles. The van der Waals surface area contributed by atoms with Crippen LogP contribution in [0, 0.1) is 12.3 Å². The Morgan fingerprint density at radius 2 is 2.06 bits per heavy atom. The third kappa shape index (κ3) is 7.23. The number of hydrogen-bond acceptors (Lipinski definition) is 4. The number of rotatable bonds is 7. The minimum absolute atomic E-state index is 0.116. The number of esters is 1. The summed E-state index contributed by atoms with van der Waals surface area (Å²) >= 11 is 0. The van der Waals surface area contributed by atoms with Crippen LogP contribution in [0.5, 0.6) is 0 Å². The molecule has 17 heavy (non-hydrogen) atoms. The summed E-state index contributed by atoms with van der Waals surface area (Å²) < 4.78 is 9.49. The van der Waals surface area contributed by atoms with E-state index in [0.717, 1.165) is 12.8 Å². The second kappa shape index (κ2) is 9.52. The Labute approximate surface area is 102 Å². The van der Waals surface area contributed by atoms with Gasteiger partial charge in [-0.05, 0) is 13.3 Å². The molecule has 0 aliphatic carbocycles. The number of carbonyl (C=O) groups is 2. The Morgan fingerprint density at radius 1 is 1.35 bits per heavy atom. The van der Waals surface area contributed by atoms with Gasteiger partial charge in [-0.1, -0.05) is 25.7 Å². The van der Waals surface area contributed by atoms with Crippen LogP contribution in [0.1, 0.15) is 33.1 Å². The number of carbonyl (C=O) groups excluding carboxylic acids is 2. The van der Waals surface area contributed by atoms with Crippen LogP contribution in [0.15, 0.2) is 0 Å². The van der Waals surface area contributed by atoms with Crippen LogP contribution >= 0.6 is 0 Å². The average Bonchev–Trinajstić information content (AvgIpc) is 2.32. The van der Waals surface area contributed by atoms with Crippen molar-refractivity contribution in [1.82, 2.24) is 5.32 Å². The zero-order chi connectivity index (χ0) is 13.1. The lowest BCUT2D eigenvalue weighted by atomic mass is 10.1. The number of terminal acetylenes is 1. The molecule has 96 valence electrons. The Kier molecular flexibility index (Phi) is 8.57. The van der Waals surface area contributed by atoms with E-state index >= 15 is 0 Å². The van der Waals surface area contributed by atoms with E-state index in [-0.39, 0.29) is 13.2 Å². The Balaban J connectivity index is 4.22. The van der Waals surface area contributed by atoms with Gasteiger partial charge in [0.2, 0.25) is 0 Å². The molecule has 5 heteroatoms. The molecule has 0 fully saturated rings. The quantitative estimate of drug-likeness (QED) is 0.541. The predicted octanol–water partition coefficient (Wildman–Crippen LogP) is 1.47. The van der Waals surface area contributed by atoms with E-state index in [1.165, 1.54) is 0 Å². The predicted molar refractivity (Wildman–Crippen MR) is 63.3 cm³/mol. The molecule has 0 heterocycles. The van der Waals surface area contributed by atoms with Crippen molar-refractivity contribution in [1.29, 1.82) is 0 Å². The van der Waals surface area contributed by atoms with Gasteiger partial charge in [-0.3, -0.25) is 0 Å². The summed E-state index contributed by atoms with van der Waals surface area (Å²) in [7, 11) is 0. The lowest BCUT2D eigenvalue weighted by Crippen LogP contribution is -2.42. The first-order valence-electron chi connectivity index (χ1n) is 5.69. The minimum Gasteiger partial charge on any atom is -0.464 e. The largest absolute Gasteiger partial charge is 0.464 e. The van der Waals surface area contributed by atoms with Crippen LogP contribution in [0.2, 0.25) is 0 Å². The molecule has 0 aromatic carbocycles. The Morgan fingerprint density at radius 3 is 2.59 bits per heavy atom. The summed E-state index contributed by atoms with van der Waals surface area (Å²) in [5.41, 5.74) is 0. The van der Waals surface area contributed by atoms with Crippen molar-refractivity contribution in [2.75, 3.05) is 13.2 Å². The first-order chi connectivity index (χ1) is 8.15. The Hall–Kier alpha value is -1.70. The molecule has 0 radical (unpaired) electrons. The molecule has 5 nitrogen and oxygen atoms in total. The van der Waals surface area contributed by atoms with Gasteiger partial charge in [-0.2, -0.15) is 0 Å². The fourth-order valence-electron chi connectivity index (χ4n) is 1.19. The monoisotopic (exact) mass is 241 g/mol. The van der Waals surface area contributed by atoms with Crippen molar-refractivity contribution >= 4 is 12.1 Å². The van der Waals surface area contributed by atoms with E-state index in [2.05, 4.69) is 16.0 Å². The summed E-state index contributed by atoms with van der Waals surface area (Å²) in [6.07, 6.45) is 6.53. The number of alkyl carbamates (subject to hydrolysis) is 1. The number of hydrogen-bond donors (Lipinski definition) is 1. The van der Waals surface area contributed by atoms with Crippen LogP contribution in [-0.2, 0) is 14.3 Å². The SMILES string of the molecule is C#CCOC(=O)NC(CCCC)C(=O)OCC. The molecule has 0 bridgehead atoms. The van der Waals surface area contributed by atoms with Gasteiger partial charge in [0.05, 0.1) is 6.61 Å². The molecule has 0 aliphatic heterocycles. The molecule has 1 atom stereocenters. The van der Waals surface area contributed by atoms with Gasteiger partial charge in [-0.25, -0.2) is 9.59 Å². The second-order valence-corrected chi connectivity index (χ2v) is 3.37. The highest BCUT2D eigenvalue weighted by molar-refractivity contribution is 5.81. The van der Waals surface area contributed by atoms with Gasteiger partial charge in [0.25, 0.3) is 0 Å². The molecule has 0 spiro atoms. The van der Waals surface area contributed by atoms with E-state index in [1.807, 2.05) is 6.92 Å². The van der Waals surface area contributed by atoms with Crippen LogP contribution < -0.4 is 5.32 Å². The van der Waals surface area contributed by atoms with E-state index in [4.69, 9.17) is 11.2 Å². The van der Waals surface area contributed by atoms with E-state index in [9.17, 15) is 9.59 Å². The van der Waals surface area contributed by atoms with Gasteiger partial charge in [0.15, 0.2) is 6.61 Å². The van der Waals surface area contributed by atoms with E-state index in [0.29, 0.717) is 6.42 Å². The van der Waals surface area contributed by atoms with Gasteiger partial charge in [0, 0.05) is 0 Å². The zero-order valence-corrected chi connectivity index (χ0v) is 10.3. The summed E-state index contributed by atoms with van der Waals surface area (Å²) in [4.78, 5) is 22.8. The van der Waals surface area contributed by atoms with Crippen molar-refractivity contribution in [2.24, 2.45) is 0 Å². The molecular weight excluding hydrogens is 222 g/mol. The van der Waals surface area contributed by atoms with Gasteiger partial charge < -0.3 is 14.8 Å². The number of ether oxygens (including phenoxy) is 2. The molecule has 0 rings (SSSR count). The molecule has 1 unspecified atom stereocenters. The normalized spacial score (nSPS) is 11.1. The summed E-state index contributed by atoms with van der Waals surface area (Å²) in [5, 5.41) is 2.44. The minimum atomic E-state index is -0.697. The molecule has 1 amide bonds. The average molecular weight is 241 g/mol. The lowest BCUT2D eigenvalue weighted by molar-refractivity contribution is -0.145. The first-order valence-corrected chi connectivity index (χ1v) is 5.69. The summed E-state index contributed by atoms with van der Waals surface area (Å²) in [5.74, 6) is 1.72. The first kappa shape index (κ1) is 15.3. The van der Waals surface area contributed by atoms with Crippen molar-refractivity contribution in [3.8, 4) is 12.3 Å². The maximum Gasteiger partial charge on any atom is 0.408 e. The van der Waals surface area contributed by atoms with Crippen molar-refractivity contribution in [3.63, 3.8) is 0 Å². The van der Waals surface area contributed by atoms with Crippen molar-refractivity contribution in [2.45, 2.75) is 39.2 Å². The fourth-order valence-corrected chi connectivity index (χ4v) is 1.19. The van der Waals surface area contributed by atoms with Crippen LogP contribution in [0.4, 0.5) is 4.79 Å². The lowest BCUT2D eigenvalue weighted by Gasteiger charge is -2.16. The standard InChI is InChI=1S/C12H19NO4/c1-4-7-8-10(11(14)16-6-3)13-12(15)17-9-5-2/h2,10H,4,6-9H2,1,3H3,(H,13,15). The molecular formula is C12H19NO4. The van der Waals surface area contributed by atoms with Crippen LogP contribution in [0.25, 0.3) is 0 Å². The third-order valence-electron chi connectivity index (χ3n) is 2.00. The maximum atomic E-state index is 11.5. The highest BCUT2D eigenvalue weighted by atomic mass is 16.6. The van der Waals surface area contributed by atoms with E-state index in [1.54, 1.807) is 6.92 Å². The highest BCUT2D eigenvalue weighted by Gasteiger charge is 2.21. The summed E-state index contributed by atoms with van der Waals surface area (Å²) in [6.45, 7) is 3.88. The maximum absolute atomic E-state index is 11.5. The second-order valence-electron chi connectivity index (χ2n) is 3.37.